The number of hydrogen-bond acceptors (Lipinski definition) is 4. The van der Waals surface area contributed by atoms with Gasteiger partial charge in [-0.15, -0.1) is 0 Å². The van der Waals surface area contributed by atoms with Crippen LogP contribution in [0.25, 0.3) is 0 Å². The first-order chi connectivity index (χ1) is 6.87. The fraction of sp³-hybridized carbons (Fsp3) is 1.00. The van der Waals surface area contributed by atoms with Gasteiger partial charge in [0.15, 0.2) is 0 Å². The van der Waals surface area contributed by atoms with Crippen molar-refractivity contribution in [2.45, 2.75) is 31.8 Å². The summed E-state index contributed by atoms with van der Waals surface area (Å²) in [5.41, 5.74) is -0.789. The van der Waals surface area contributed by atoms with Gasteiger partial charge in [-0.2, -0.15) is 0 Å². The van der Waals surface area contributed by atoms with Crippen LogP contribution in [0.3, 0.4) is 0 Å². The van der Waals surface area contributed by atoms with E-state index in [9.17, 15) is 13.5 Å². The predicted octanol–water partition coefficient (Wildman–Crippen LogP) is 0.172. The Morgan fingerprint density at radius 2 is 2.20 bits per heavy atom. The Hall–Kier alpha value is -0.130. The maximum atomic E-state index is 11.1. The average molecular weight is 235 g/mol. The van der Waals surface area contributed by atoms with Gasteiger partial charge in [-0.1, -0.05) is 6.92 Å². The van der Waals surface area contributed by atoms with Crippen LogP contribution < -0.4 is 5.32 Å². The zero-order chi connectivity index (χ0) is 11.5. The second-order valence-corrected chi connectivity index (χ2v) is 6.80. The van der Waals surface area contributed by atoms with E-state index in [0.29, 0.717) is 12.8 Å². The Morgan fingerprint density at radius 1 is 1.53 bits per heavy atom. The van der Waals surface area contributed by atoms with Crippen molar-refractivity contribution in [2.24, 2.45) is 5.92 Å². The number of hydrogen-bond donors (Lipinski definition) is 2. The Morgan fingerprint density at radius 3 is 2.73 bits per heavy atom. The van der Waals surface area contributed by atoms with Gasteiger partial charge in [-0.05, 0) is 31.7 Å². The van der Waals surface area contributed by atoms with Crippen molar-refractivity contribution in [1.29, 1.82) is 0 Å². The molecule has 2 atom stereocenters. The Balaban J connectivity index is 2.62. The van der Waals surface area contributed by atoms with Crippen LogP contribution in [-0.2, 0) is 9.84 Å². The molecule has 0 aromatic carbocycles. The van der Waals surface area contributed by atoms with Crippen molar-refractivity contribution in [1.82, 2.24) is 5.32 Å². The smallest absolute Gasteiger partial charge is 0.147 e. The van der Waals surface area contributed by atoms with Gasteiger partial charge >= 0.3 is 0 Å². The molecule has 0 bridgehead atoms. The largest absolute Gasteiger partial charge is 0.389 e. The van der Waals surface area contributed by atoms with E-state index in [1.807, 2.05) is 6.92 Å². The molecule has 0 aromatic rings. The van der Waals surface area contributed by atoms with E-state index in [1.54, 1.807) is 0 Å². The topological polar surface area (TPSA) is 66.4 Å². The third kappa shape index (κ3) is 3.74. The molecule has 0 radical (unpaired) electrons. The third-order valence-electron chi connectivity index (χ3n) is 3.28. The molecule has 90 valence electrons. The first-order valence-corrected chi connectivity index (χ1v) is 7.54. The lowest BCUT2D eigenvalue weighted by Crippen LogP contribution is -2.50. The summed E-state index contributed by atoms with van der Waals surface area (Å²) in [7, 11) is -2.97. The zero-order valence-electron chi connectivity index (χ0n) is 9.49. The summed E-state index contributed by atoms with van der Waals surface area (Å²) in [6, 6.07) is 0. The molecule has 1 aliphatic rings. The molecule has 0 aliphatic carbocycles. The molecule has 5 heteroatoms. The minimum Gasteiger partial charge on any atom is -0.389 e. The van der Waals surface area contributed by atoms with Gasteiger partial charge in [-0.3, -0.25) is 0 Å². The summed E-state index contributed by atoms with van der Waals surface area (Å²) in [4.78, 5) is 0. The van der Waals surface area contributed by atoms with Gasteiger partial charge in [0.25, 0.3) is 0 Å². The SMILES string of the molecule is CCC1CNCCC1(O)CCS(C)(=O)=O. The molecule has 4 nitrogen and oxygen atoms in total. The molecule has 0 spiro atoms. The number of aliphatic hydroxyl groups is 1. The highest BCUT2D eigenvalue weighted by atomic mass is 32.2. The van der Waals surface area contributed by atoms with Crippen LogP contribution in [0.4, 0.5) is 0 Å². The molecule has 1 aliphatic heterocycles. The van der Waals surface area contributed by atoms with Crippen LogP contribution in [0.15, 0.2) is 0 Å². The predicted molar refractivity (Wildman–Crippen MR) is 60.5 cm³/mol. The molecular weight excluding hydrogens is 214 g/mol. The normalized spacial score (nSPS) is 32.9. The molecule has 0 aromatic heterocycles. The Bertz CT molecular complexity index is 302. The maximum absolute atomic E-state index is 11.1. The van der Waals surface area contributed by atoms with Crippen LogP contribution in [-0.4, -0.2) is 44.2 Å². The second-order valence-electron chi connectivity index (χ2n) is 4.54. The zero-order valence-corrected chi connectivity index (χ0v) is 10.3. The molecule has 1 heterocycles. The van der Waals surface area contributed by atoms with E-state index < -0.39 is 15.4 Å². The minimum absolute atomic E-state index is 0.0833. The van der Waals surface area contributed by atoms with Crippen LogP contribution in [0.1, 0.15) is 26.2 Å². The molecule has 2 N–H and O–H groups in total. The molecule has 1 saturated heterocycles. The van der Waals surface area contributed by atoms with Gasteiger partial charge in [0.1, 0.15) is 9.84 Å². The van der Waals surface area contributed by atoms with Crippen LogP contribution >= 0.6 is 0 Å². The first kappa shape index (κ1) is 12.9. The Kier molecular flexibility index (Phi) is 4.14. The highest BCUT2D eigenvalue weighted by molar-refractivity contribution is 7.90. The van der Waals surface area contributed by atoms with E-state index >= 15 is 0 Å². The second kappa shape index (κ2) is 4.80. The van der Waals surface area contributed by atoms with Crippen LogP contribution in [0.5, 0.6) is 0 Å². The molecule has 15 heavy (non-hydrogen) atoms. The van der Waals surface area contributed by atoms with E-state index in [-0.39, 0.29) is 11.7 Å². The van der Waals surface area contributed by atoms with Gasteiger partial charge in [0.2, 0.25) is 0 Å². The van der Waals surface area contributed by atoms with Crippen molar-refractivity contribution in [3.63, 3.8) is 0 Å². The maximum Gasteiger partial charge on any atom is 0.147 e. The lowest BCUT2D eigenvalue weighted by Gasteiger charge is -2.40. The van der Waals surface area contributed by atoms with E-state index in [2.05, 4.69) is 5.32 Å². The van der Waals surface area contributed by atoms with Crippen LogP contribution in [0.2, 0.25) is 0 Å². The fourth-order valence-corrected chi connectivity index (χ4v) is 2.92. The molecule has 1 fully saturated rings. The van der Waals surface area contributed by atoms with Gasteiger partial charge in [0.05, 0.1) is 11.4 Å². The summed E-state index contributed by atoms with van der Waals surface area (Å²) in [5.74, 6) is 0.257. The van der Waals surface area contributed by atoms with Gasteiger partial charge < -0.3 is 10.4 Å². The Labute approximate surface area is 92.0 Å². The van der Waals surface area contributed by atoms with Crippen LogP contribution in [0, 0.1) is 5.92 Å². The summed E-state index contributed by atoms with van der Waals surface area (Å²) in [6.45, 7) is 3.59. The quantitative estimate of drug-likeness (QED) is 0.729. The first-order valence-electron chi connectivity index (χ1n) is 5.48. The fourth-order valence-electron chi connectivity index (χ4n) is 2.19. The number of nitrogens with one attached hydrogen (secondary N) is 1. The van der Waals surface area contributed by atoms with Gasteiger partial charge in [-0.25, -0.2) is 8.42 Å². The lowest BCUT2D eigenvalue weighted by atomic mass is 9.78. The summed E-state index contributed by atoms with van der Waals surface area (Å²) < 4.78 is 22.2. The van der Waals surface area contributed by atoms with Crippen molar-refractivity contribution >= 4 is 9.84 Å². The average Bonchev–Trinajstić information content (AvgIpc) is 2.15. The number of piperidine rings is 1. The van der Waals surface area contributed by atoms with Crippen molar-refractivity contribution in [2.75, 3.05) is 25.1 Å². The molecule has 2 unspecified atom stereocenters. The highest BCUT2D eigenvalue weighted by Crippen LogP contribution is 2.30. The molecule has 1 rings (SSSR count). The number of rotatable bonds is 4. The van der Waals surface area contributed by atoms with E-state index in [1.165, 1.54) is 6.26 Å². The van der Waals surface area contributed by atoms with Gasteiger partial charge in [0, 0.05) is 12.8 Å². The number of sulfone groups is 1. The van der Waals surface area contributed by atoms with E-state index in [4.69, 9.17) is 0 Å². The molecular formula is C10H21NO3S. The lowest BCUT2D eigenvalue weighted by molar-refractivity contribution is -0.0441. The molecule has 0 amide bonds. The summed E-state index contributed by atoms with van der Waals surface area (Å²) >= 11 is 0. The standard InChI is InChI=1S/C10H21NO3S/c1-3-9-8-11-6-4-10(9,12)5-7-15(2,13)14/h9,11-12H,3-8H2,1-2H3. The van der Waals surface area contributed by atoms with E-state index in [0.717, 1.165) is 19.5 Å². The van der Waals surface area contributed by atoms with Crippen molar-refractivity contribution in [3.8, 4) is 0 Å². The molecule has 0 saturated carbocycles. The highest BCUT2D eigenvalue weighted by Gasteiger charge is 2.37. The van der Waals surface area contributed by atoms with Crippen molar-refractivity contribution in [3.05, 3.63) is 0 Å². The van der Waals surface area contributed by atoms with Crippen molar-refractivity contribution < 1.29 is 13.5 Å². The summed E-state index contributed by atoms with van der Waals surface area (Å²) in [6.07, 6.45) is 3.12. The minimum atomic E-state index is -2.97. The third-order valence-corrected chi connectivity index (χ3v) is 4.23. The monoisotopic (exact) mass is 235 g/mol. The summed E-state index contributed by atoms with van der Waals surface area (Å²) in [5, 5.41) is 13.6.